The van der Waals surface area contributed by atoms with E-state index in [4.69, 9.17) is 4.74 Å². The van der Waals surface area contributed by atoms with E-state index in [1.807, 2.05) is 30.3 Å². The molecule has 1 unspecified atom stereocenters. The lowest BCUT2D eigenvalue weighted by Gasteiger charge is -2.15. The fourth-order valence-corrected chi connectivity index (χ4v) is 2.38. The predicted molar refractivity (Wildman–Crippen MR) is 87.3 cm³/mol. The second-order valence-corrected chi connectivity index (χ2v) is 5.72. The van der Waals surface area contributed by atoms with E-state index in [1.54, 1.807) is 6.92 Å². The van der Waals surface area contributed by atoms with E-state index >= 15 is 0 Å². The Bertz CT molecular complexity index is 634. The van der Waals surface area contributed by atoms with Crippen molar-refractivity contribution < 1.29 is 13.9 Å². The maximum atomic E-state index is 13.0. The van der Waals surface area contributed by atoms with Crippen LogP contribution in [0.2, 0.25) is 0 Å². The van der Waals surface area contributed by atoms with Crippen LogP contribution in [0.4, 0.5) is 4.39 Å². The number of rotatable bonds is 6. The average Bonchev–Trinajstić information content (AvgIpc) is 2.51. The minimum atomic E-state index is -0.655. The Labute approximate surface area is 137 Å². The van der Waals surface area contributed by atoms with Gasteiger partial charge in [0.25, 0.3) is 5.91 Å². The highest BCUT2D eigenvalue weighted by Crippen LogP contribution is 2.26. The fraction of sp³-hybridized carbons (Fsp3) is 0.235. The van der Waals surface area contributed by atoms with Crippen molar-refractivity contribution in [1.29, 1.82) is 0 Å². The fourth-order valence-electron chi connectivity index (χ4n) is 1.93. The number of hydrogen-bond donors (Lipinski definition) is 1. The molecule has 0 heterocycles. The van der Waals surface area contributed by atoms with E-state index in [9.17, 15) is 9.18 Å². The number of hydrogen-bond acceptors (Lipinski definition) is 2. The average molecular weight is 366 g/mol. The third-order valence-electron chi connectivity index (χ3n) is 3.12. The van der Waals surface area contributed by atoms with Gasteiger partial charge < -0.3 is 10.1 Å². The van der Waals surface area contributed by atoms with Gasteiger partial charge in [0.2, 0.25) is 0 Å². The first-order chi connectivity index (χ1) is 10.6. The van der Waals surface area contributed by atoms with E-state index in [2.05, 4.69) is 21.2 Å². The van der Waals surface area contributed by atoms with Crippen molar-refractivity contribution in [3.8, 4) is 5.75 Å². The molecule has 0 aliphatic heterocycles. The normalized spacial score (nSPS) is 11.8. The zero-order valence-corrected chi connectivity index (χ0v) is 13.8. The smallest absolute Gasteiger partial charge is 0.260 e. The second kappa shape index (κ2) is 7.94. The number of amides is 1. The molecule has 0 radical (unpaired) electrons. The molecule has 1 amide bonds. The molecule has 0 spiro atoms. The van der Waals surface area contributed by atoms with Crippen LogP contribution in [0, 0.1) is 5.82 Å². The summed E-state index contributed by atoms with van der Waals surface area (Å²) < 4.78 is 19.0. The Morgan fingerprint density at radius 1 is 1.27 bits per heavy atom. The van der Waals surface area contributed by atoms with Crippen LogP contribution >= 0.6 is 15.9 Å². The molecule has 0 aliphatic rings. The summed E-state index contributed by atoms with van der Waals surface area (Å²) in [5, 5.41) is 2.83. The van der Waals surface area contributed by atoms with Crippen LogP contribution in [0.3, 0.4) is 0 Å². The number of carbonyl (C=O) groups excluding carboxylic acids is 1. The van der Waals surface area contributed by atoms with Gasteiger partial charge in [0.1, 0.15) is 11.6 Å². The molecule has 0 saturated carbocycles. The summed E-state index contributed by atoms with van der Waals surface area (Å²) in [5.41, 5.74) is 1.16. The molecule has 116 valence electrons. The molecule has 0 aromatic heterocycles. The van der Waals surface area contributed by atoms with E-state index in [-0.39, 0.29) is 11.7 Å². The Morgan fingerprint density at radius 2 is 2.00 bits per heavy atom. The summed E-state index contributed by atoms with van der Waals surface area (Å²) in [7, 11) is 0. The largest absolute Gasteiger partial charge is 0.480 e. The van der Waals surface area contributed by atoms with Crippen molar-refractivity contribution in [2.24, 2.45) is 0 Å². The Balaban J connectivity index is 1.82. The lowest BCUT2D eigenvalue weighted by Crippen LogP contribution is -2.37. The summed E-state index contributed by atoms with van der Waals surface area (Å²) in [6.45, 7) is 2.20. The molecule has 22 heavy (non-hydrogen) atoms. The first-order valence-electron chi connectivity index (χ1n) is 6.99. The maximum absolute atomic E-state index is 13.0. The van der Waals surface area contributed by atoms with Gasteiger partial charge in [-0.05, 0) is 53.0 Å². The topological polar surface area (TPSA) is 38.3 Å². The molecule has 2 rings (SSSR count). The summed E-state index contributed by atoms with van der Waals surface area (Å²) in [6.07, 6.45) is 0.108. The van der Waals surface area contributed by atoms with Gasteiger partial charge >= 0.3 is 0 Å². The maximum Gasteiger partial charge on any atom is 0.260 e. The highest BCUT2D eigenvalue weighted by atomic mass is 79.9. The van der Waals surface area contributed by atoms with Crippen molar-refractivity contribution in [2.75, 3.05) is 6.54 Å². The molecule has 1 atom stereocenters. The molecule has 3 nitrogen and oxygen atoms in total. The summed E-state index contributed by atoms with van der Waals surface area (Å²) >= 11 is 3.21. The van der Waals surface area contributed by atoms with Gasteiger partial charge in [-0.1, -0.05) is 30.3 Å². The van der Waals surface area contributed by atoms with Crippen LogP contribution in [-0.4, -0.2) is 18.6 Å². The van der Waals surface area contributed by atoms with Gasteiger partial charge in [-0.2, -0.15) is 0 Å². The molecule has 0 fully saturated rings. The van der Waals surface area contributed by atoms with Crippen molar-refractivity contribution in [3.63, 3.8) is 0 Å². The van der Waals surface area contributed by atoms with Crippen LogP contribution in [0.5, 0.6) is 5.75 Å². The highest BCUT2D eigenvalue weighted by molar-refractivity contribution is 9.10. The molecule has 5 heteroatoms. The number of nitrogens with one attached hydrogen (secondary N) is 1. The van der Waals surface area contributed by atoms with Crippen LogP contribution in [0.15, 0.2) is 53.0 Å². The monoisotopic (exact) mass is 365 g/mol. The molecule has 2 aromatic rings. The summed E-state index contributed by atoms with van der Waals surface area (Å²) in [5.74, 6) is -0.126. The van der Waals surface area contributed by atoms with Crippen molar-refractivity contribution in [1.82, 2.24) is 5.32 Å². The van der Waals surface area contributed by atoms with Gasteiger partial charge in [0, 0.05) is 6.54 Å². The van der Waals surface area contributed by atoms with Gasteiger partial charge in [0.05, 0.1) is 4.47 Å². The molecule has 0 bridgehead atoms. The SMILES string of the molecule is CC(Oc1ccc(F)cc1Br)C(=O)NCCc1ccccc1. The van der Waals surface area contributed by atoms with Gasteiger partial charge in [-0.3, -0.25) is 4.79 Å². The van der Waals surface area contributed by atoms with Crippen molar-refractivity contribution in [3.05, 3.63) is 64.4 Å². The highest BCUT2D eigenvalue weighted by Gasteiger charge is 2.15. The minimum Gasteiger partial charge on any atom is -0.480 e. The number of halogens is 2. The standard InChI is InChI=1S/C17H17BrFNO2/c1-12(22-16-8-7-14(19)11-15(16)18)17(21)20-10-9-13-5-3-2-4-6-13/h2-8,11-12H,9-10H2,1H3,(H,20,21). The summed E-state index contributed by atoms with van der Waals surface area (Å²) in [6, 6.07) is 14.0. The van der Waals surface area contributed by atoms with E-state index in [1.165, 1.54) is 18.2 Å². The molecular formula is C17H17BrFNO2. The van der Waals surface area contributed by atoms with Crippen molar-refractivity contribution >= 4 is 21.8 Å². The number of benzene rings is 2. The third kappa shape index (κ3) is 4.84. The zero-order chi connectivity index (χ0) is 15.9. The molecule has 0 saturated heterocycles. The van der Waals surface area contributed by atoms with Crippen molar-refractivity contribution in [2.45, 2.75) is 19.4 Å². The van der Waals surface area contributed by atoms with E-state index in [0.29, 0.717) is 16.8 Å². The number of carbonyl (C=O) groups is 1. The number of ether oxygens (including phenoxy) is 1. The van der Waals surface area contributed by atoms with E-state index in [0.717, 1.165) is 12.0 Å². The van der Waals surface area contributed by atoms with Gasteiger partial charge in [-0.25, -0.2) is 4.39 Å². The first-order valence-corrected chi connectivity index (χ1v) is 7.79. The van der Waals surface area contributed by atoms with Crippen LogP contribution < -0.4 is 10.1 Å². The Hall–Kier alpha value is -1.88. The molecular weight excluding hydrogens is 349 g/mol. The predicted octanol–water partition coefficient (Wildman–Crippen LogP) is 3.71. The summed E-state index contributed by atoms with van der Waals surface area (Å²) in [4.78, 5) is 12.0. The molecule has 0 aliphatic carbocycles. The zero-order valence-electron chi connectivity index (χ0n) is 12.2. The third-order valence-corrected chi connectivity index (χ3v) is 3.74. The second-order valence-electron chi connectivity index (χ2n) is 4.86. The minimum absolute atomic E-state index is 0.202. The lowest BCUT2D eigenvalue weighted by molar-refractivity contribution is -0.127. The quantitative estimate of drug-likeness (QED) is 0.847. The molecule has 1 N–H and O–H groups in total. The van der Waals surface area contributed by atoms with Crippen LogP contribution in [0.1, 0.15) is 12.5 Å². The van der Waals surface area contributed by atoms with E-state index < -0.39 is 6.10 Å². The molecule has 2 aromatic carbocycles. The van der Waals surface area contributed by atoms with Gasteiger partial charge in [-0.15, -0.1) is 0 Å². The Kier molecular flexibility index (Phi) is 5.95. The lowest BCUT2D eigenvalue weighted by atomic mass is 10.1. The first kappa shape index (κ1) is 16.5. The van der Waals surface area contributed by atoms with Crippen LogP contribution in [-0.2, 0) is 11.2 Å². The van der Waals surface area contributed by atoms with Crippen LogP contribution in [0.25, 0.3) is 0 Å². The van der Waals surface area contributed by atoms with Gasteiger partial charge in [0.15, 0.2) is 6.10 Å². The Morgan fingerprint density at radius 3 is 2.68 bits per heavy atom.